The Morgan fingerprint density at radius 3 is 2.36 bits per heavy atom. The van der Waals surface area contributed by atoms with Crippen molar-refractivity contribution in [2.24, 2.45) is 0 Å². The van der Waals surface area contributed by atoms with Crippen molar-refractivity contribution in [3.63, 3.8) is 0 Å². The van der Waals surface area contributed by atoms with Gasteiger partial charge in [-0.25, -0.2) is 8.78 Å². The molecule has 0 aliphatic carbocycles. The smallest absolute Gasteiger partial charge is 0.251 e. The first kappa shape index (κ1) is 14.2. The molecule has 0 aliphatic rings. The van der Waals surface area contributed by atoms with Gasteiger partial charge in [0.2, 0.25) is 0 Å². The average molecular weight is 297 g/mol. The van der Waals surface area contributed by atoms with Crippen LogP contribution >= 0.6 is 0 Å². The Kier molecular flexibility index (Phi) is 3.83. The molecule has 0 amide bonds. The lowest BCUT2D eigenvalue weighted by molar-refractivity contribution is 0.565. The maximum atomic E-state index is 13.8. The van der Waals surface area contributed by atoms with Crippen LogP contribution in [0.1, 0.15) is 5.56 Å². The maximum Gasteiger partial charge on any atom is 0.251 e. The van der Waals surface area contributed by atoms with Gasteiger partial charge in [0.05, 0.1) is 12.2 Å². The van der Waals surface area contributed by atoms with Crippen LogP contribution in [-0.2, 0) is 6.54 Å². The minimum absolute atomic E-state index is 0.0516. The van der Waals surface area contributed by atoms with E-state index in [-0.39, 0.29) is 17.7 Å². The van der Waals surface area contributed by atoms with Crippen molar-refractivity contribution in [1.82, 2.24) is 4.57 Å². The van der Waals surface area contributed by atoms with Gasteiger partial charge in [-0.1, -0.05) is 42.5 Å². The summed E-state index contributed by atoms with van der Waals surface area (Å²) >= 11 is 0. The molecule has 0 N–H and O–H groups in total. The van der Waals surface area contributed by atoms with Gasteiger partial charge in [-0.15, -0.1) is 0 Å². The van der Waals surface area contributed by atoms with Gasteiger partial charge in [-0.3, -0.25) is 4.79 Å². The van der Waals surface area contributed by atoms with Crippen LogP contribution in [0, 0.1) is 11.6 Å². The Hall–Kier alpha value is -2.75. The van der Waals surface area contributed by atoms with Gasteiger partial charge >= 0.3 is 0 Å². The number of pyridine rings is 1. The Bertz CT molecular complexity index is 856. The summed E-state index contributed by atoms with van der Waals surface area (Å²) in [7, 11) is 0. The molecule has 22 heavy (non-hydrogen) atoms. The highest BCUT2D eigenvalue weighted by Crippen LogP contribution is 2.19. The van der Waals surface area contributed by atoms with Gasteiger partial charge in [0.15, 0.2) is 0 Å². The third kappa shape index (κ3) is 2.81. The van der Waals surface area contributed by atoms with Crippen molar-refractivity contribution < 1.29 is 8.78 Å². The second-order valence-corrected chi connectivity index (χ2v) is 4.94. The van der Waals surface area contributed by atoms with E-state index >= 15 is 0 Å². The second kappa shape index (κ2) is 5.93. The number of rotatable bonds is 3. The molecule has 2 nitrogen and oxygen atoms in total. The summed E-state index contributed by atoms with van der Waals surface area (Å²) in [5.74, 6) is -1.29. The minimum Gasteiger partial charge on any atom is -0.304 e. The summed E-state index contributed by atoms with van der Waals surface area (Å²) in [6.45, 7) is 0.0516. The number of hydrogen-bond donors (Lipinski definition) is 0. The van der Waals surface area contributed by atoms with Gasteiger partial charge in [0.1, 0.15) is 11.6 Å². The largest absolute Gasteiger partial charge is 0.304 e. The fourth-order valence-corrected chi connectivity index (χ4v) is 2.36. The van der Waals surface area contributed by atoms with E-state index in [1.54, 1.807) is 12.1 Å². The third-order valence-electron chi connectivity index (χ3n) is 3.46. The minimum atomic E-state index is -0.658. The first-order valence-electron chi connectivity index (χ1n) is 6.84. The fraction of sp³-hybridized carbons (Fsp3) is 0.0556. The molecule has 0 fully saturated rings. The van der Waals surface area contributed by atoms with E-state index in [4.69, 9.17) is 0 Å². The molecule has 4 heteroatoms. The number of hydrogen-bond acceptors (Lipinski definition) is 1. The molecule has 0 unspecified atom stereocenters. The Balaban J connectivity index is 2.09. The highest BCUT2D eigenvalue weighted by Gasteiger charge is 2.10. The molecule has 0 aliphatic heterocycles. The summed E-state index contributed by atoms with van der Waals surface area (Å²) < 4.78 is 28.3. The first-order valence-corrected chi connectivity index (χ1v) is 6.84. The van der Waals surface area contributed by atoms with Gasteiger partial charge < -0.3 is 4.57 Å². The second-order valence-electron chi connectivity index (χ2n) is 4.94. The average Bonchev–Trinajstić information content (AvgIpc) is 2.52. The predicted molar refractivity (Wildman–Crippen MR) is 81.6 cm³/mol. The van der Waals surface area contributed by atoms with E-state index in [0.29, 0.717) is 5.69 Å². The van der Waals surface area contributed by atoms with Crippen molar-refractivity contribution in [3.05, 3.63) is 94.3 Å². The standard InChI is InChI=1S/C18H13F2NO/c19-15-10-9-14(16(20)11-15)12-21-17(7-4-8-18(21)22)13-5-2-1-3-6-13/h1-11H,12H2. The van der Waals surface area contributed by atoms with E-state index in [1.807, 2.05) is 30.3 Å². The predicted octanol–water partition coefficient (Wildman–Crippen LogP) is 3.84. The normalized spacial score (nSPS) is 10.6. The topological polar surface area (TPSA) is 22.0 Å². The van der Waals surface area contributed by atoms with E-state index in [2.05, 4.69) is 0 Å². The summed E-state index contributed by atoms with van der Waals surface area (Å²) in [5, 5.41) is 0. The Labute approximate surface area is 126 Å². The zero-order chi connectivity index (χ0) is 15.5. The molecule has 1 aromatic heterocycles. The lowest BCUT2D eigenvalue weighted by Gasteiger charge is -2.13. The van der Waals surface area contributed by atoms with Gasteiger partial charge in [-0.05, 0) is 17.7 Å². The highest BCUT2D eigenvalue weighted by molar-refractivity contribution is 5.59. The van der Waals surface area contributed by atoms with Crippen LogP contribution in [0.25, 0.3) is 11.3 Å². The van der Waals surface area contributed by atoms with Crippen molar-refractivity contribution in [2.45, 2.75) is 6.54 Å². The molecule has 0 radical (unpaired) electrons. The van der Waals surface area contributed by atoms with E-state index in [0.717, 1.165) is 11.6 Å². The van der Waals surface area contributed by atoms with Gasteiger partial charge in [0.25, 0.3) is 5.56 Å². The molecular weight excluding hydrogens is 284 g/mol. The van der Waals surface area contributed by atoms with Crippen molar-refractivity contribution in [2.75, 3.05) is 0 Å². The number of aromatic nitrogens is 1. The molecule has 3 rings (SSSR count). The van der Waals surface area contributed by atoms with Crippen LogP contribution in [0.15, 0.2) is 71.5 Å². The molecule has 0 spiro atoms. The van der Waals surface area contributed by atoms with Crippen molar-refractivity contribution in [1.29, 1.82) is 0 Å². The summed E-state index contributed by atoms with van der Waals surface area (Å²) in [6.07, 6.45) is 0. The monoisotopic (exact) mass is 297 g/mol. The summed E-state index contributed by atoms with van der Waals surface area (Å²) in [5.41, 5.74) is 1.59. The molecule has 110 valence electrons. The zero-order valence-corrected chi connectivity index (χ0v) is 11.7. The van der Waals surface area contributed by atoms with Gasteiger partial charge in [0, 0.05) is 17.7 Å². The van der Waals surface area contributed by atoms with Crippen molar-refractivity contribution in [3.8, 4) is 11.3 Å². The highest BCUT2D eigenvalue weighted by atomic mass is 19.1. The first-order chi connectivity index (χ1) is 10.6. The Morgan fingerprint density at radius 2 is 1.64 bits per heavy atom. The number of halogens is 2. The van der Waals surface area contributed by atoms with E-state index < -0.39 is 11.6 Å². The molecular formula is C18H13F2NO. The lowest BCUT2D eigenvalue weighted by atomic mass is 10.1. The van der Waals surface area contributed by atoms with E-state index in [9.17, 15) is 13.6 Å². The molecule has 1 heterocycles. The fourth-order valence-electron chi connectivity index (χ4n) is 2.36. The van der Waals surface area contributed by atoms with Crippen LogP contribution in [0.4, 0.5) is 8.78 Å². The molecule has 2 aromatic carbocycles. The van der Waals surface area contributed by atoms with Crippen LogP contribution in [0.2, 0.25) is 0 Å². The summed E-state index contributed by atoms with van der Waals surface area (Å²) in [6, 6.07) is 17.7. The maximum absolute atomic E-state index is 13.8. The van der Waals surface area contributed by atoms with Crippen LogP contribution in [-0.4, -0.2) is 4.57 Å². The molecule has 0 saturated carbocycles. The number of benzene rings is 2. The van der Waals surface area contributed by atoms with Crippen molar-refractivity contribution >= 4 is 0 Å². The summed E-state index contributed by atoms with van der Waals surface area (Å²) in [4.78, 5) is 12.2. The van der Waals surface area contributed by atoms with Crippen LogP contribution in [0.3, 0.4) is 0 Å². The van der Waals surface area contributed by atoms with E-state index in [1.165, 1.54) is 22.8 Å². The lowest BCUT2D eigenvalue weighted by Crippen LogP contribution is -2.21. The molecule has 0 bridgehead atoms. The zero-order valence-electron chi connectivity index (χ0n) is 11.7. The molecule has 0 saturated heterocycles. The van der Waals surface area contributed by atoms with Gasteiger partial charge in [-0.2, -0.15) is 0 Å². The molecule has 0 atom stereocenters. The quantitative estimate of drug-likeness (QED) is 0.720. The number of nitrogens with zero attached hydrogens (tertiary/aromatic N) is 1. The van der Waals surface area contributed by atoms with Crippen LogP contribution in [0.5, 0.6) is 0 Å². The SMILES string of the molecule is O=c1cccc(-c2ccccc2)n1Cc1ccc(F)cc1F. The third-order valence-corrected chi connectivity index (χ3v) is 3.46. The van der Waals surface area contributed by atoms with Crippen LogP contribution < -0.4 is 5.56 Å². The Morgan fingerprint density at radius 1 is 0.864 bits per heavy atom. The molecule has 3 aromatic rings.